The zero-order valence-electron chi connectivity index (χ0n) is 7.68. The van der Waals surface area contributed by atoms with E-state index < -0.39 is 0 Å². The van der Waals surface area contributed by atoms with E-state index in [9.17, 15) is 0 Å². The highest BCUT2D eigenvalue weighted by atomic mass is 16.5. The molecular formula is C9H19NO. The molecule has 1 heterocycles. The number of hydrogen-bond donors (Lipinski definition) is 0. The Bertz CT molecular complexity index is 95.0. The molecule has 2 nitrogen and oxygen atoms in total. The summed E-state index contributed by atoms with van der Waals surface area (Å²) in [6, 6.07) is 0. The van der Waals surface area contributed by atoms with E-state index in [0.717, 1.165) is 12.5 Å². The number of methoxy groups -OCH3 is 1. The minimum absolute atomic E-state index is 0.922. The molecule has 11 heavy (non-hydrogen) atoms. The largest absolute Gasteiger partial charge is 0.385 e. The SMILES string of the molecule is COCCC1CCN(C)CC1. The van der Waals surface area contributed by atoms with Gasteiger partial charge >= 0.3 is 0 Å². The van der Waals surface area contributed by atoms with Crippen molar-refractivity contribution >= 4 is 0 Å². The minimum atomic E-state index is 0.922. The van der Waals surface area contributed by atoms with Crippen LogP contribution >= 0.6 is 0 Å². The van der Waals surface area contributed by atoms with E-state index in [1.165, 1.54) is 32.4 Å². The van der Waals surface area contributed by atoms with Crippen LogP contribution in [0, 0.1) is 5.92 Å². The van der Waals surface area contributed by atoms with Crippen LogP contribution in [0.1, 0.15) is 19.3 Å². The predicted octanol–water partition coefficient (Wildman–Crippen LogP) is 1.36. The lowest BCUT2D eigenvalue weighted by molar-refractivity contribution is 0.146. The zero-order chi connectivity index (χ0) is 8.10. The minimum Gasteiger partial charge on any atom is -0.385 e. The van der Waals surface area contributed by atoms with Gasteiger partial charge in [-0.15, -0.1) is 0 Å². The second kappa shape index (κ2) is 4.73. The Morgan fingerprint density at radius 1 is 1.36 bits per heavy atom. The Morgan fingerprint density at radius 2 is 2.00 bits per heavy atom. The lowest BCUT2D eigenvalue weighted by Gasteiger charge is -2.28. The molecule has 1 saturated heterocycles. The Kier molecular flexibility index (Phi) is 3.87. The lowest BCUT2D eigenvalue weighted by Crippen LogP contribution is -2.30. The number of ether oxygens (including phenoxy) is 1. The van der Waals surface area contributed by atoms with Crippen molar-refractivity contribution in [2.75, 3.05) is 33.9 Å². The highest BCUT2D eigenvalue weighted by Gasteiger charge is 2.15. The monoisotopic (exact) mass is 157 g/mol. The van der Waals surface area contributed by atoms with Crippen LogP contribution in [0.25, 0.3) is 0 Å². The smallest absolute Gasteiger partial charge is 0.0464 e. The molecule has 0 bridgehead atoms. The molecule has 0 unspecified atom stereocenters. The molecule has 0 atom stereocenters. The van der Waals surface area contributed by atoms with Crippen LogP contribution in [0.4, 0.5) is 0 Å². The summed E-state index contributed by atoms with van der Waals surface area (Å²) in [7, 11) is 3.99. The molecule has 0 aromatic carbocycles. The lowest BCUT2D eigenvalue weighted by atomic mass is 9.94. The van der Waals surface area contributed by atoms with Crippen molar-refractivity contribution in [3.05, 3.63) is 0 Å². The van der Waals surface area contributed by atoms with Crippen molar-refractivity contribution in [3.63, 3.8) is 0 Å². The average molecular weight is 157 g/mol. The van der Waals surface area contributed by atoms with E-state index in [0.29, 0.717) is 0 Å². The van der Waals surface area contributed by atoms with Gasteiger partial charge < -0.3 is 9.64 Å². The van der Waals surface area contributed by atoms with Crippen molar-refractivity contribution in [2.45, 2.75) is 19.3 Å². The molecular weight excluding hydrogens is 138 g/mol. The molecule has 2 heteroatoms. The van der Waals surface area contributed by atoms with E-state index in [1.807, 2.05) is 0 Å². The Balaban J connectivity index is 2.07. The first kappa shape index (κ1) is 9.01. The van der Waals surface area contributed by atoms with Crippen molar-refractivity contribution < 1.29 is 4.74 Å². The van der Waals surface area contributed by atoms with Crippen LogP contribution in [0.15, 0.2) is 0 Å². The molecule has 1 aliphatic heterocycles. The molecule has 66 valence electrons. The third-order valence-corrected chi connectivity index (χ3v) is 2.57. The fraction of sp³-hybridized carbons (Fsp3) is 1.00. The van der Waals surface area contributed by atoms with Crippen LogP contribution < -0.4 is 0 Å². The van der Waals surface area contributed by atoms with Gasteiger partial charge in [0, 0.05) is 13.7 Å². The molecule has 0 saturated carbocycles. The van der Waals surface area contributed by atoms with E-state index in [1.54, 1.807) is 7.11 Å². The summed E-state index contributed by atoms with van der Waals surface area (Å²) in [5.74, 6) is 0.922. The summed E-state index contributed by atoms with van der Waals surface area (Å²) in [5.41, 5.74) is 0. The molecule has 0 aliphatic carbocycles. The quantitative estimate of drug-likeness (QED) is 0.613. The fourth-order valence-electron chi connectivity index (χ4n) is 1.64. The first-order valence-corrected chi connectivity index (χ1v) is 4.50. The maximum absolute atomic E-state index is 5.06. The molecule has 0 spiro atoms. The standard InChI is InChI=1S/C9H19NO/c1-10-6-3-9(4-7-10)5-8-11-2/h9H,3-8H2,1-2H3. The summed E-state index contributed by atoms with van der Waals surface area (Å²) in [4.78, 5) is 2.41. The number of likely N-dealkylation sites (tertiary alicyclic amines) is 1. The summed E-state index contributed by atoms with van der Waals surface area (Å²) in [5, 5.41) is 0. The highest BCUT2D eigenvalue weighted by Crippen LogP contribution is 2.18. The van der Waals surface area contributed by atoms with Crippen molar-refractivity contribution in [1.29, 1.82) is 0 Å². The summed E-state index contributed by atoms with van der Waals surface area (Å²) < 4.78 is 5.06. The van der Waals surface area contributed by atoms with Gasteiger partial charge in [-0.25, -0.2) is 0 Å². The summed E-state index contributed by atoms with van der Waals surface area (Å²) >= 11 is 0. The second-order valence-corrected chi connectivity index (χ2v) is 3.53. The predicted molar refractivity (Wildman–Crippen MR) is 46.7 cm³/mol. The fourth-order valence-corrected chi connectivity index (χ4v) is 1.64. The maximum atomic E-state index is 5.06. The normalized spacial score (nSPS) is 22.4. The number of hydrogen-bond acceptors (Lipinski definition) is 2. The van der Waals surface area contributed by atoms with Gasteiger partial charge in [0.1, 0.15) is 0 Å². The molecule has 0 radical (unpaired) electrons. The van der Waals surface area contributed by atoms with Gasteiger partial charge in [-0.1, -0.05) is 0 Å². The first-order chi connectivity index (χ1) is 5.33. The maximum Gasteiger partial charge on any atom is 0.0464 e. The van der Waals surface area contributed by atoms with Crippen molar-refractivity contribution in [3.8, 4) is 0 Å². The molecule has 1 aliphatic rings. The number of piperidine rings is 1. The van der Waals surface area contributed by atoms with Gasteiger partial charge in [-0.2, -0.15) is 0 Å². The van der Waals surface area contributed by atoms with Crippen LogP contribution in [-0.2, 0) is 4.74 Å². The molecule has 1 rings (SSSR count). The van der Waals surface area contributed by atoms with Crippen LogP contribution in [-0.4, -0.2) is 38.8 Å². The van der Waals surface area contributed by atoms with E-state index in [4.69, 9.17) is 4.74 Å². The van der Waals surface area contributed by atoms with E-state index in [-0.39, 0.29) is 0 Å². The Hall–Kier alpha value is -0.0800. The average Bonchev–Trinajstić information content (AvgIpc) is 2.04. The van der Waals surface area contributed by atoms with Gasteiger partial charge in [0.05, 0.1) is 0 Å². The first-order valence-electron chi connectivity index (χ1n) is 4.50. The molecule has 1 fully saturated rings. The summed E-state index contributed by atoms with van der Waals surface area (Å²) in [6.07, 6.45) is 3.98. The summed E-state index contributed by atoms with van der Waals surface area (Å²) in [6.45, 7) is 3.48. The second-order valence-electron chi connectivity index (χ2n) is 3.53. The van der Waals surface area contributed by atoms with Crippen molar-refractivity contribution in [1.82, 2.24) is 4.90 Å². The molecule has 0 aromatic rings. The van der Waals surface area contributed by atoms with Gasteiger partial charge in [-0.05, 0) is 45.3 Å². The van der Waals surface area contributed by atoms with Crippen LogP contribution in [0.5, 0.6) is 0 Å². The highest BCUT2D eigenvalue weighted by molar-refractivity contribution is 4.69. The Labute approximate surface area is 69.5 Å². The molecule has 0 aromatic heterocycles. The number of nitrogens with zero attached hydrogens (tertiary/aromatic N) is 1. The van der Waals surface area contributed by atoms with Gasteiger partial charge in [0.25, 0.3) is 0 Å². The topological polar surface area (TPSA) is 12.5 Å². The van der Waals surface area contributed by atoms with Crippen LogP contribution in [0.3, 0.4) is 0 Å². The van der Waals surface area contributed by atoms with Crippen LogP contribution in [0.2, 0.25) is 0 Å². The van der Waals surface area contributed by atoms with Crippen molar-refractivity contribution in [2.24, 2.45) is 5.92 Å². The van der Waals surface area contributed by atoms with E-state index in [2.05, 4.69) is 11.9 Å². The Morgan fingerprint density at radius 3 is 2.55 bits per heavy atom. The van der Waals surface area contributed by atoms with E-state index >= 15 is 0 Å². The molecule has 0 N–H and O–H groups in total. The third kappa shape index (κ3) is 3.21. The van der Waals surface area contributed by atoms with Gasteiger partial charge in [-0.3, -0.25) is 0 Å². The van der Waals surface area contributed by atoms with Gasteiger partial charge in [0.15, 0.2) is 0 Å². The number of rotatable bonds is 3. The zero-order valence-corrected chi connectivity index (χ0v) is 7.68. The third-order valence-electron chi connectivity index (χ3n) is 2.57. The molecule has 0 amide bonds. The van der Waals surface area contributed by atoms with Gasteiger partial charge in [0.2, 0.25) is 0 Å².